The fraction of sp³-hybridized carbons (Fsp3) is 0.778. The van der Waals surface area contributed by atoms with E-state index in [0.717, 1.165) is 6.42 Å². The van der Waals surface area contributed by atoms with Crippen molar-refractivity contribution in [2.75, 3.05) is 71.5 Å². The number of aromatic nitrogens is 2. The lowest BCUT2D eigenvalue weighted by molar-refractivity contribution is -0.140. The number of hydrogen-bond acceptors (Lipinski definition) is 8. The molecule has 2 aliphatic heterocycles. The molecule has 2 fully saturated rings. The standard InChI is InChI=1S/C27H46N6O4/c1-19(2)18-33(21-14-20(15-28-16-21)24(34)32-9-12-37-13-10-32)25(35)22-17-30-26(27(3,4)5)31-23(22)29-8-7-11-36-6/h17,19-21,28H,7-16,18H2,1-6H3,(H,29,30,31)/t20-,21+/m1/s1. The van der Waals surface area contributed by atoms with Crippen LogP contribution in [0, 0.1) is 11.8 Å². The topological polar surface area (TPSA) is 109 Å². The normalized spacial score (nSPS) is 20.7. The number of hydrogen-bond donors (Lipinski definition) is 2. The van der Waals surface area contributed by atoms with Crippen molar-refractivity contribution in [3.63, 3.8) is 0 Å². The molecular formula is C27H46N6O4. The highest BCUT2D eigenvalue weighted by atomic mass is 16.5. The number of morpholine rings is 1. The van der Waals surface area contributed by atoms with Crippen LogP contribution < -0.4 is 10.6 Å². The van der Waals surface area contributed by atoms with E-state index in [2.05, 4.69) is 50.2 Å². The Morgan fingerprint density at radius 1 is 1.27 bits per heavy atom. The maximum absolute atomic E-state index is 14.1. The zero-order valence-electron chi connectivity index (χ0n) is 23.5. The lowest BCUT2D eigenvalue weighted by atomic mass is 9.92. The van der Waals surface area contributed by atoms with Gasteiger partial charge in [0.15, 0.2) is 0 Å². The van der Waals surface area contributed by atoms with Gasteiger partial charge in [0.25, 0.3) is 5.91 Å². The fourth-order valence-electron chi connectivity index (χ4n) is 4.79. The van der Waals surface area contributed by atoms with Gasteiger partial charge in [-0.3, -0.25) is 9.59 Å². The molecule has 2 N–H and O–H groups in total. The van der Waals surface area contributed by atoms with E-state index >= 15 is 0 Å². The number of ether oxygens (including phenoxy) is 2. The third-order valence-corrected chi connectivity index (χ3v) is 6.77. The Morgan fingerprint density at radius 3 is 2.65 bits per heavy atom. The summed E-state index contributed by atoms with van der Waals surface area (Å²) < 4.78 is 10.6. The molecule has 208 valence electrons. The van der Waals surface area contributed by atoms with Crippen LogP contribution in [0.15, 0.2) is 6.20 Å². The number of piperidine rings is 1. The minimum Gasteiger partial charge on any atom is -0.385 e. The second-order valence-electron chi connectivity index (χ2n) is 11.5. The van der Waals surface area contributed by atoms with Gasteiger partial charge >= 0.3 is 0 Å². The predicted molar refractivity (Wildman–Crippen MR) is 144 cm³/mol. The van der Waals surface area contributed by atoms with Gasteiger partial charge in [-0.1, -0.05) is 34.6 Å². The molecule has 1 aromatic heterocycles. The van der Waals surface area contributed by atoms with Crippen LogP contribution in [-0.4, -0.2) is 104 Å². The lowest BCUT2D eigenvalue weighted by Gasteiger charge is -2.40. The molecule has 2 amide bonds. The summed E-state index contributed by atoms with van der Waals surface area (Å²) in [6, 6.07) is -0.0951. The summed E-state index contributed by atoms with van der Waals surface area (Å²) in [5, 5.41) is 6.78. The third-order valence-electron chi connectivity index (χ3n) is 6.77. The SMILES string of the molecule is COCCCNc1nc(C(C)(C)C)ncc1C(=O)N(CC(C)C)[C@@H]1CNC[C@H](C(=O)N2CCOCC2)C1. The Balaban J connectivity index is 1.84. The number of carbonyl (C=O) groups excluding carboxylic acids is 2. The van der Waals surface area contributed by atoms with E-state index in [4.69, 9.17) is 14.5 Å². The van der Waals surface area contributed by atoms with E-state index in [0.29, 0.717) is 82.7 Å². The Bertz CT molecular complexity index is 897. The quantitative estimate of drug-likeness (QED) is 0.454. The number of methoxy groups -OCH3 is 1. The van der Waals surface area contributed by atoms with E-state index in [1.54, 1.807) is 13.3 Å². The second-order valence-corrected chi connectivity index (χ2v) is 11.5. The van der Waals surface area contributed by atoms with Crippen LogP contribution in [0.25, 0.3) is 0 Å². The van der Waals surface area contributed by atoms with Gasteiger partial charge in [-0.05, 0) is 18.8 Å². The van der Waals surface area contributed by atoms with Crippen LogP contribution in [0.2, 0.25) is 0 Å². The Kier molecular flexibility index (Phi) is 10.7. The van der Waals surface area contributed by atoms with Crippen molar-refractivity contribution in [2.24, 2.45) is 11.8 Å². The molecule has 2 saturated heterocycles. The van der Waals surface area contributed by atoms with E-state index in [1.165, 1.54) is 0 Å². The summed E-state index contributed by atoms with van der Waals surface area (Å²) in [4.78, 5) is 40.5. The van der Waals surface area contributed by atoms with Crippen molar-refractivity contribution in [1.82, 2.24) is 25.1 Å². The molecule has 0 spiro atoms. The zero-order chi connectivity index (χ0) is 27.0. The largest absolute Gasteiger partial charge is 0.385 e. The van der Waals surface area contributed by atoms with Gasteiger partial charge in [0.2, 0.25) is 5.91 Å². The highest BCUT2D eigenvalue weighted by molar-refractivity contribution is 5.98. The van der Waals surface area contributed by atoms with Gasteiger partial charge < -0.3 is 29.9 Å². The monoisotopic (exact) mass is 518 g/mol. The first-order valence-corrected chi connectivity index (χ1v) is 13.6. The van der Waals surface area contributed by atoms with Crippen LogP contribution in [0.5, 0.6) is 0 Å². The number of carbonyl (C=O) groups is 2. The summed E-state index contributed by atoms with van der Waals surface area (Å²) in [7, 11) is 1.68. The molecule has 10 heteroatoms. The van der Waals surface area contributed by atoms with Crippen molar-refractivity contribution in [3.05, 3.63) is 17.6 Å². The number of rotatable bonds is 10. The van der Waals surface area contributed by atoms with Crippen LogP contribution in [0.1, 0.15) is 63.6 Å². The van der Waals surface area contributed by atoms with E-state index in [1.807, 2.05) is 9.80 Å². The second kappa shape index (κ2) is 13.5. The van der Waals surface area contributed by atoms with Gasteiger partial charge in [0, 0.05) is 70.6 Å². The molecule has 0 bridgehead atoms. The molecule has 0 saturated carbocycles. The maximum Gasteiger partial charge on any atom is 0.259 e. The lowest BCUT2D eigenvalue weighted by Crippen LogP contribution is -2.56. The van der Waals surface area contributed by atoms with Crippen LogP contribution in [0.3, 0.4) is 0 Å². The molecule has 10 nitrogen and oxygen atoms in total. The number of nitrogens with zero attached hydrogens (tertiary/aromatic N) is 4. The first kappa shape index (κ1) is 29.3. The average molecular weight is 519 g/mol. The van der Waals surface area contributed by atoms with Crippen molar-refractivity contribution in [3.8, 4) is 0 Å². The summed E-state index contributed by atoms with van der Waals surface area (Å²) in [5.41, 5.74) is 0.218. The van der Waals surface area contributed by atoms with Crippen LogP contribution >= 0.6 is 0 Å². The van der Waals surface area contributed by atoms with Crippen molar-refractivity contribution in [1.29, 1.82) is 0 Å². The molecule has 0 radical (unpaired) electrons. The Hall–Kier alpha value is -2.30. The molecule has 1 aromatic rings. The third kappa shape index (κ3) is 8.09. The first-order chi connectivity index (χ1) is 17.6. The van der Waals surface area contributed by atoms with E-state index in [9.17, 15) is 9.59 Å². The number of anilines is 1. The van der Waals surface area contributed by atoms with Crippen LogP contribution in [0.4, 0.5) is 5.82 Å². The van der Waals surface area contributed by atoms with Gasteiger partial charge in [-0.25, -0.2) is 9.97 Å². The minimum absolute atomic E-state index is 0.0951. The molecule has 37 heavy (non-hydrogen) atoms. The summed E-state index contributed by atoms with van der Waals surface area (Å²) in [6.07, 6.45) is 3.10. The van der Waals surface area contributed by atoms with E-state index < -0.39 is 0 Å². The minimum atomic E-state index is -0.247. The molecule has 3 rings (SSSR count). The van der Waals surface area contributed by atoms with E-state index in [-0.39, 0.29) is 35.1 Å². The summed E-state index contributed by atoms with van der Waals surface area (Å²) >= 11 is 0. The highest BCUT2D eigenvalue weighted by Gasteiger charge is 2.36. The number of amides is 2. The molecule has 2 atom stereocenters. The maximum atomic E-state index is 14.1. The predicted octanol–water partition coefficient (Wildman–Crippen LogP) is 2.16. The van der Waals surface area contributed by atoms with Gasteiger partial charge in [0.05, 0.1) is 19.1 Å². The zero-order valence-corrected chi connectivity index (χ0v) is 23.5. The first-order valence-electron chi connectivity index (χ1n) is 13.6. The van der Waals surface area contributed by atoms with Crippen LogP contribution in [-0.2, 0) is 19.7 Å². The van der Waals surface area contributed by atoms with Crippen molar-refractivity contribution in [2.45, 2.75) is 58.9 Å². The average Bonchev–Trinajstić information content (AvgIpc) is 2.89. The molecular weight excluding hydrogens is 472 g/mol. The number of nitrogens with one attached hydrogen (secondary N) is 2. The molecule has 0 aromatic carbocycles. The van der Waals surface area contributed by atoms with Crippen molar-refractivity contribution >= 4 is 17.6 Å². The van der Waals surface area contributed by atoms with Gasteiger partial charge in [-0.15, -0.1) is 0 Å². The molecule has 2 aliphatic rings. The van der Waals surface area contributed by atoms with Gasteiger partial charge in [0.1, 0.15) is 17.2 Å². The van der Waals surface area contributed by atoms with Gasteiger partial charge in [-0.2, -0.15) is 0 Å². The summed E-state index contributed by atoms with van der Waals surface area (Å²) in [6.45, 7) is 16.0. The fourth-order valence-corrected chi connectivity index (χ4v) is 4.79. The van der Waals surface area contributed by atoms with Crippen molar-refractivity contribution < 1.29 is 19.1 Å². The molecule has 0 unspecified atom stereocenters. The smallest absolute Gasteiger partial charge is 0.259 e. The Labute approximate surface area is 221 Å². The molecule has 3 heterocycles. The summed E-state index contributed by atoms with van der Waals surface area (Å²) in [5.74, 6) is 1.40. The highest BCUT2D eigenvalue weighted by Crippen LogP contribution is 2.26. The Morgan fingerprint density at radius 2 is 2.00 bits per heavy atom. The molecule has 0 aliphatic carbocycles.